The summed E-state index contributed by atoms with van der Waals surface area (Å²) in [5.41, 5.74) is 0. The van der Waals surface area contributed by atoms with Crippen molar-refractivity contribution in [1.82, 2.24) is 10.2 Å². The first kappa shape index (κ1) is 12.2. The van der Waals surface area contributed by atoms with Gasteiger partial charge in [0, 0.05) is 19.6 Å². The van der Waals surface area contributed by atoms with Crippen molar-refractivity contribution in [2.24, 2.45) is 0 Å². The maximum absolute atomic E-state index is 12.3. The molecule has 2 unspecified atom stereocenters. The molecule has 16 heavy (non-hydrogen) atoms. The van der Waals surface area contributed by atoms with E-state index in [4.69, 9.17) is 0 Å². The van der Waals surface area contributed by atoms with Crippen molar-refractivity contribution in [3.8, 4) is 0 Å². The lowest BCUT2D eigenvalue weighted by Gasteiger charge is -2.34. The fourth-order valence-corrected chi connectivity index (χ4v) is 3.80. The Labute approximate surface area is 102 Å². The average Bonchev–Trinajstić information content (AvgIpc) is 2.39. The summed E-state index contributed by atoms with van der Waals surface area (Å²) >= 11 is 1.85. The molecule has 0 aromatic heterocycles. The third-order valence-electron chi connectivity index (χ3n) is 3.62. The summed E-state index contributed by atoms with van der Waals surface area (Å²) in [6.07, 6.45) is 5.93. The quantitative estimate of drug-likeness (QED) is 0.796. The summed E-state index contributed by atoms with van der Waals surface area (Å²) in [7, 11) is 1.98. The van der Waals surface area contributed by atoms with Crippen LogP contribution in [0.1, 0.15) is 32.1 Å². The number of amides is 1. The van der Waals surface area contributed by atoms with Crippen molar-refractivity contribution in [3.63, 3.8) is 0 Å². The van der Waals surface area contributed by atoms with Crippen molar-refractivity contribution < 1.29 is 4.79 Å². The van der Waals surface area contributed by atoms with Crippen molar-refractivity contribution >= 4 is 17.7 Å². The predicted octanol–water partition coefficient (Wildman–Crippen LogP) is 1.48. The normalized spacial score (nSPS) is 31.1. The molecule has 2 aliphatic heterocycles. The van der Waals surface area contributed by atoms with Gasteiger partial charge in [-0.25, -0.2) is 0 Å². The Kier molecular flexibility index (Phi) is 4.53. The van der Waals surface area contributed by atoms with E-state index in [1.54, 1.807) is 0 Å². The molecule has 2 heterocycles. The zero-order valence-corrected chi connectivity index (χ0v) is 10.9. The number of thioether (sulfide) groups is 1. The fourth-order valence-electron chi connectivity index (χ4n) is 2.51. The Bertz CT molecular complexity index is 235. The highest BCUT2D eigenvalue weighted by molar-refractivity contribution is 8.00. The maximum Gasteiger partial charge on any atom is 0.235 e. The molecule has 1 amide bonds. The van der Waals surface area contributed by atoms with Gasteiger partial charge in [-0.2, -0.15) is 0 Å². The van der Waals surface area contributed by atoms with Gasteiger partial charge in [-0.3, -0.25) is 4.79 Å². The molecule has 0 radical (unpaired) electrons. The molecule has 0 aromatic carbocycles. The lowest BCUT2D eigenvalue weighted by atomic mass is 10.1. The summed E-state index contributed by atoms with van der Waals surface area (Å²) in [6, 6.07) is 0.420. The van der Waals surface area contributed by atoms with Crippen molar-refractivity contribution in [1.29, 1.82) is 0 Å². The molecule has 92 valence electrons. The number of likely N-dealkylation sites (N-methyl/N-ethyl adjacent to an activating group) is 1. The molecule has 0 spiro atoms. The average molecular weight is 242 g/mol. The Morgan fingerprint density at radius 2 is 2.19 bits per heavy atom. The van der Waals surface area contributed by atoms with Crippen LogP contribution in [0, 0.1) is 0 Å². The van der Waals surface area contributed by atoms with Crippen LogP contribution in [0.5, 0.6) is 0 Å². The van der Waals surface area contributed by atoms with Crippen LogP contribution in [0.15, 0.2) is 0 Å². The minimum Gasteiger partial charge on any atom is -0.341 e. The second-order valence-corrected chi connectivity index (χ2v) is 6.12. The zero-order chi connectivity index (χ0) is 11.4. The van der Waals surface area contributed by atoms with Crippen molar-refractivity contribution in [2.75, 3.05) is 25.9 Å². The SMILES string of the molecule is CN(C(=O)C1CCCCS1)C1CCCNC1. The molecule has 3 nitrogen and oxygen atoms in total. The molecule has 0 aliphatic carbocycles. The number of carbonyl (C=O) groups excluding carboxylic acids is 1. The molecule has 2 rings (SSSR count). The molecular formula is C12H22N2OS. The van der Waals surface area contributed by atoms with E-state index in [9.17, 15) is 4.79 Å². The predicted molar refractivity (Wildman–Crippen MR) is 68.8 cm³/mol. The van der Waals surface area contributed by atoms with Gasteiger partial charge in [0.25, 0.3) is 0 Å². The van der Waals surface area contributed by atoms with E-state index in [0.29, 0.717) is 11.9 Å². The van der Waals surface area contributed by atoms with Crippen LogP contribution in [0.2, 0.25) is 0 Å². The zero-order valence-electron chi connectivity index (χ0n) is 10.1. The molecule has 1 N–H and O–H groups in total. The molecule has 2 saturated heterocycles. The number of piperidine rings is 1. The minimum absolute atomic E-state index is 0.237. The lowest BCUT2D eigenvalue weighted by Crippen LogP contribution is -2.49. The minimum atomic E-state index is 0.237. The standard InChI is InChI=1S/C12H22N2OS/c1-14(10-5-4-7-13-9-10)12(15)11-6-2-3-8-16-11/h10-11,13H,2-9H2,1H3. The molecule has 2 fully saturated rings. The highest BCUT2D eigenvalue weighted by Gasteiger charge is 2.29. The fraction of sp³-hybridized carbons (Fsp3) is 0.917. The van der Waals surface area contributed by atoms with Crippen LogP contribution < -0.4 is 5.32 Å². The number of hydrogen-bond acceptors (Lipinski definition) is 3. The van der Waals surface area contributed by atoms with Gasteiger partial charge in [0.15, 0.2) is 0 Å². The van der Waals surface area contributed by atoms with Crippen LogP contribution >= 0.6 is 11.8 Å². The van der Waals surface area contributed by atoms with Gasteiger partial charge in [0.1, 0.15) is 0 Å². The van der Waals surface area contributed by atoms with Crippen LogP contribution in [0.25, 0.3) is 0 Å². The number of hydrogen-bond donors (Lipinski definition) is 1. The third-order valence-corrected chi connectivity index (χ3v) is 4.99. The van der Waals surface area contributed by atoms with Crippen LogP contribution in [-0.2, 0) is 4.79 Å². The smallest absolute Gasteiger partial charge is 0.235 e. The first-order chi connectivity index (χ1) is 7.79. The third kappa shape index (κ3) is 2.92. The second-order valence-electron chi connectivity index (χ2n) is 4.80. The Hall–Kier alpha value is -0.220. The lowest BCUT2D eigenvalue weighted by molar-refractivity contribution is -0.131. The summed E-state index contributed by atoms with van der Waals surface area (Å²) in [5.74, 6) is 1.52. The van der Waals surface area contributed by atoms with E-state index < -0.39 is 0 Å². The number of nitrogens with one attached hydrogen (secondary N) is 1. The van der Waals surface area contributed by atoms with Gasteiger partial charge in [0.05, 0.1) is 5.25 Å². The van der Waals surface area contributed by atoms with Crippen LogP contribution in [-0.4, -0.2) is 48.0 Å². The van der Waals surface area contributed by atoms with E-state index >= 15 is 0 Å². The first-order valence-electron chi connectivity index (χ1n) is 6.38. The summed E-state index contributed by atoms with van der Waals surface area (Å²) in [6.45, 7) is 2.08. The summed E-state index contributed by atoms with van der Waals surface area (Å²) in [4.78, 5) is 14.3. The van der Waals surface area contributed by atoms with Gasteiger partial charge in [-0.05, 0) is 38.0 Å². The highest BCUT2D eigenvalue weighted by Crippen LogP contribution is 2.27. The Balaban J connectivity index is 1.86. The number of carbonyl (C=O) groups is 1. The van der Waals surface area contributed by atoms with Crippen LogP contribution in [0.3, 0.4) is 0 Å². The monoisotopic (exact) mass is 242 g/mol. The van der Waals surface area contributed by atoms with E-state index in [1.807, 2.05) is 23.7 Å². The number of rotatable bonds is 2. The first-order valence-corrected chi connectivity index (χ1v) is 7.43. The van der Waals surface area contributed by atoms with Gasteiger partial charge < -0.3 is 10.2 Å². The van der Waals surface area contributed by atoms with E-state index in [-0.39, 0.29) is 5.25 Å². The molecule has 4 heteroatoms. The molecule has 0 aromatic rings. The maximum atomic E-state index is 12.3. The van der Waals surface area contributed by atoms with E-state index in [0.717, 1.165) is 31.7 Å². The molecule has 2 atom stereocenters. The van der Waals surface area contributed by atoms with Crippen molar-refractivity contribution in [2.45, 2.75) is 43.4 Å². The molecule has 0 saturated carbocycles. The van der Waals surface area contributed by atoms with Gasteiger partial charge in [-0.15, -0.1) is 11.8 Å². The molecule has 2 aliphatic rings. The Morgan fingerprint density at radius 3 is 2.81 bits per heavy atom. The summed E-state index contributed by atoms with van der Waals surface area (Å²) < 4.78 is 0. The van der Waals surface area contributed by atoms with E-state index in [1.165, 1.54) is 19.3 Å². The summed E-state index contributed by atoms with van der Waals surface area (Å²) in [5, 5.41) is 3.61. The van der Waals surface area contributed by atoms with Crippen molar-refractivity contribution in [3.05, 3.63) is 0 Å². The molecular weight excluding hydrogens is 220 g/mol. The van der Waals surface area contributed by atoms with Gasteiger partial charge in [-0.1, -0.05) is 6.42 Å². The van der Waals surface area contributed by atoms with Gasteiger partial charge in [0.2, 0.25) is 5.91 Å². The molecule has 0 bridgehead atoms. The van der Waals surface area contributed by atoms with Crippen LogP contribution in [0.4, 0.5) is 0 Å². The Morgan fingerprint density at radius 1 is 1.31 bits per heavy atom. The van der Waals surface area contributed by atoms with E-state index in [2.05, 4.69) is 5.32 Å². The second kappa shape index (κ2) is 5.92. The number of nitrogens with zero attached hydrogens (tertiary/aromatic N) is 1. The topological polar surface area (TPSA) is 32.3 Å². The van der Waals surface area contributed by atoms with Gasteiger partial charge >= 0.3 is 0 Å². The highest BCUT2D eigenvalue weighted by atomic mass is 32.2. The largest absolute Gasteiger partial charge is 0.341 e.